The van der Waals surface area contributed by atoms with E-state index >= 15 is 0 Å². The summed E-state index contributed by atoms with van der Waals surface area (Å²) < 4.78 is 0. The summed E-state index contributed by atoms with van der Waals surface area (Å²) in [5.41, 5.74) is 32.2. The lowest BCUT2D eigenvalue weighted by atomic mass is 9.96. The average Bonchev–Trinajstić information content (AvgIpc) is 3.18. The minimum Gasteiger partial charge on any atom is -0.481 e. The van der Waals surface area contributed by atoms with E-state index in [1.165, 1.54) is 0 Å². The van der Waals surface area contributed by atoms with Crippen molar-refractivity contribution < 1.29 is 67.7 Å². The van der Waals surface area contributed by atoms with E-state index in [1.807, 2.05) is 0 Å². The molecule has 0 rings (SSSR count). The summed E-state index contributed by atoms with van der Waals surface area (Å²) in [6, 6.07) is -10.9. The molecular weight excluding hydrogens is 824 g/mol. The lowest BCUT2D eigenvalue weighted by Crippen LogP contribution is -2.60. The molecule has 0 unspecified atom stereocenters. The van der Waals surface area contributed by atoms with Crippen molar-refractivity contribution in [3.8, 4) is 0 Å². The summed E-state index contributed by atoms with van der Waals surface area (Å²) in [5, 5.41) is 32.8. The van der Waals surface area contributed by atoms with Gasteiger partial charge in [0.25, 0.3) is 0 Å². The molecule has 0 radical (unpaired) electrons. The standard InChI is InChI=1S/C36H62N12O14/c1-3-17(2)29(48-30(55)18(38)7-11-24(39)49)35(60)46-21(9-13-26(41)51)33(58)44-20(8-12-25(40)50)32(57)45-22(10-14-28(53)54)34(59)43-19(6-4-5-15-37)31(56)47-23(36(61)62)16-27(42)52/h17-23,29H,3-16,37-38H2,1-2H3,(H2,39,49)(H2,40,50)(H2,41,51)(H2,42,52)(H,43,59)(H,44,58)(H,45,57)(H,46,60)(H,47,56)(H,48,55)(H,53,54)(H,61,62)/t17-,18-,19-,20-,21-,22-,23-,29-/m0/s1. The number of hydrogen-bond acceptors (Lipinski definition) is 14. The van der Waals surface area contributed by atoms with Gasteiger partial charge in [0.2, 0.25) is 59.1 Å². The number of unbranched alkanes of at least 4 members (excludes halogenated alkanes) is 1. The largest absolute Gasteiger partial charge is 0.481 e. The van der Waals surface area contributed by atoms with Gasteiger partial charge in [0.1, 0.15) is 36.3 Å². The van der Waals surface area contributed by atoms with Crippen molar-refractivity contribution >= 4 is 71.0 Å². The van der Waals surface area contributed by atoms with Crippen LogP contribution in [0.5, 0.6) is 0 Å². The Morgan fingerprint density at radius 3 is 1.24 bits per heavy atom. The minimum absolute atomic E-state index is 0.128. The first-order valence-corrected chi connectivity index (χ1v) is 19.8. The zero-order valence-corrected chi connectivity index (χ0v) is 34.8. The smallest absolute Gasteiger partial charge is 0.326 e. The zero-order chi connectivity index (χ0) is 47.7. The third-order valence-corrected chi connectivity index (χ3v) is 9.34. The van der Waals surface area contributed by atoms with Crippen LogP contribution in [0.4, 0.5) is 0 Å². The second-order valence-electron chi connectivity index (χ2n) is 14.5. The van der Waals surface area contributed by atoms with Crippen LogP contribution in [-0.2, 0) is 57.5 Å². The Kier molecular flexibility index (Phi) is 25.9. The van der Waals surface area contributed by atoms with Gasteiger partial charge in [-0.3, -0.25) is 52.7 Å². The van der Waals surface area contributed by atoms with Crippen molar-refractivity contribution in [1.82, 2.24) is 31.9 Å². The first kappa shape index (κ1) is 55.6. The Morgan fingerprint density at radius 2 is 0.871 bits per heavy atom. The Balaban J connectivity index is 6.63. The van der Waals surface area contributed by atoms with Crippen LogP contribution in [0, 0.1) is 5.92 Å². The highest BCUT2D eigenvalue weighted by Gasteiger charge is 2.35. The molecule has 0 heterocycles. The van der Waals surface area contributed by atoms with Crippen molar-refractivity contribution in [1.29, 1.82) is 0 Å². The van der Waals surface area contributed by atoms with Crippen LogP contribution < -0.4 is 66.3 Å². The Hall–Kier alpha value is -6.44. The molecule has 20 N–H and O–H groups in total. The van der Waals surface area contributed by atoms with Gasteiger partial charge in [-0.15, -0.1) is 0 Å². The van der Waals surface area contributed by atoms with Gasteiger partial charge in [0.05, 0.1) is 12.5 Å². The van der Waals surface area contributed by atoms with Crippen LogP contribution in [0.2, 0.25) is 0 Å². The molecule has 0 saturated heterocycles. The molecule has 0 aliphatic heterocycles. The highest BCUT2D eigenvalue weighted by molar-refractivity contribution is 5.98. The van der Waals surface area contributed by atoms with E-state index in [0.29, 0.717) is 12.8 Å². The lowest BCUT2D eigenvalue weighted by Gasteiger charge is -2.29. The summed E-state index contributed by atoms with van der Waals surface area (Å²) in [5.74, 6) is -13.4. The molecule has 8 atom stereocenters. The minimum atomic E-state index is -1.78. The number of aliphatic carboxylic acids is 2. The molecule has 26 heteroatoms. The van der Waals surface area contributed by atoms with Gasteiger partial charge in [-0.25, -0.2) is 4.79 Å². The van der Waals surface area contributed by atoms with E-state index in [4.69, 9.17) is 34.4 Å². The van der Waals surface area contributed by atoms with Crippen molar-refractivity contribution in [3.05, 3.63) is 0 Å². The lowest BCUT2D eigenvalue weighted by molar-refractivity contribution is -0.144. The maximum absolute atomic E-state index is 13.8. The van der Waals surface area contributed by atoms with Gasteiger partial charge < -0.3 is 76.5 Å². The highest BCUT2D eigenvalue weighted by Crippen LogP contribution is 2.12. The summed E-state index contributed by atoms with van der Waals surface area (Å²) in [4.78, 5) is 150. The maximum atomic E-state index is 13.8. The summed E-state index contributed by atoms with van der Waals surface area (Å²) in [7, 11) is 0. The third-order valence-electron chi connectivity index (χ3n) is 9.34. The number of carboxylic acids is 2. The fraction of sp³-hybridized carbons (Fsp3) is 0.667. The quantitative estimate of drug-likeness (QED) is 0.0273. The predicted molar refractivity (Wildman–Crippen MR) is 216 cm³/mol. The SMILES string of the molecule is CC[C@H](C)[C@H](NC(=O)[C@@H](N)CCC(N)=O)C(=O)N[C@@H](CCC(N)=O)C(=O)N[C@@H](CCC(N)=O)C(=O)N[C@@H](CCC(=O)O)C(=O)N[C@@H](CCCCN)C(=O)N[C@@H](CC(N)=O)C(=O)O. The van der Waals surface area contributed by atoms with Crippen LogP contribution in [0.15, 0.2) is 0 Å². The van der Waals surface area contributed by atoms with E-state index in [-0.39, 0.29) is 32.2 Å². The normalized spacial score (nSPS) is 14.7. The number of rotatable bonds is 33. The van der Waals surface area contributed by atoms with Gasteiger partial charge in [-0.2, -0.15) is 0 Å². The Bertz CT molecular complexity index is 1630. The predicted octanol–water partition coefficient (Wildman–Crippen LogP) is -5.98. The highest BCUT2D eigenvalue weighted by atomic mass is 16.4. The number of nitrogens with one attached hydrogen (secondary N) is 6. The molecule has 0 bridgehead atoms. The summed E-state index contributed by atoms with van der Waals surface area (Å²) >= 11 is 0. The van der Waals surface area contributed by atoms with Crippen molar-refractivity contribution in [3.63, 3.8) is 0 Å². The van der Waals surface area contributed by atoms with E-state index in [2.05, 4.69) is 31.9 Å². The molecular formula is C36H62N12O14. The molecule has 62 heavy (non-hydrogen) atoms. The molecule has 0 saturated carbocycles. The molecule has 0 aliphatic carbocycles. The number of carbonyl (C=O) groups excluding carboxylic acids is 10. The van der Waals surface area contributed by atoms with Crippen LogP contribution in [0.3, 0.4) is 0 Å². The van der Waals surface area contributed by atoms with E-state index in [1.54, 1.807) is 13.8 Å². The van der Waals surface area contributed by atoms with E-state index in [0.717, 1.165) is 0 Å². The van der Waals surface area contributed by atoms with Crippen molar-refractivity contribution in [2.75, 3.05) is 6.54 Å². The van der Waals surface area contributed by atoms with Crippen LogP contribution in [0.1, 0.15) is 97.3 Å². The van der Waals surface area contributed by atoms with Gasteiger partial charge in [0.15, 0.2) is 0 Å². The van der Waals surface area contributed by atoms with Crippen LogP contribution in [0.25, 0.3) is 0 Å². The first-order chi connectivity index (χ1) is 28.9. The summed E-state index contributed by atoms with van der Waals surface area (Å²) in [6.07, 6.45) is -3.63. The van der Waals surface area contributed by atoms with Crippen LogP contribution in [-0.4, -0.2) is 130 Å². The number of primary amides is 4. The molecule has 0 spiro atoms. The molecule has 0 aromatic carbocycles. The van der Waals surface area contributed by atoms with Crippen molar-refractivity contribution in [2.45, 2.75) is 140 Å². The number of carboxylic acid groups (broad SMARTS) is 2. The number of hydrogen-bond donors (Lipinski definition) is 14. The number of amides is 10. The number of nitrogens with two attached hydrogens (primary N) is 6. The maximum Gasteiger partial charge on any atom is 0.326 e. The van der Waals surface area contributed by atoms with Crippen LogP contribution >= 0.6 is 0 Å². The number of carbonyl (C=O) groups is 12. The van der Waals surface area contributed by atoms with Gasteiger partial charge in [-0.1, -0.05) is 20.3 Å². The molecule has 0 aliphatic rings. The van der Waals surface area contributed by atoms with Gasteiger partial charge in [-0.05, 0) is 57.4 Å². The molecule has 26 nitrogen and oxygen atoms in total. The molecule has 0 fully saturated rings. The van der Waals surface area contributed by atoms with Gasteiger partial charge >= 0.3 is 11.9 Å². The fourth-order valence-corrected chi connectivity index (χ4v) is 5.55. The first-order valence-electron chi connectivity index (χ1n) is 19.8. The molecule has 0 aromatic rings. The Labute approximate surface area is 356 Å². The fourth-order valence-electron chi connectivity index (χ4n) is 5.55. The Morgan fingerprint density at radius 1 is 0.484 bits per heavy atom. The van der Waals surface area contributed by atoms with E-state index < -0.39 is 164 Å². The van der Waals surface area contributed by atoms with Gasteiger partial charge in [0, 0.05) is 25.7 Å². The second kappa shape index (κ2) is 28.9. The average molecular weight is 887 g/mol. The topological polar surface area (TPSA) is 474 Å². The van der Waals surface area contributed by atoms with Crippen molar-refractivity contribution in [2.24, 2.45) is 40.3 Å². The molecule has 0 aromatic heterocycles. The molecule has 10 amide bonds. The van der Waals surface area contributed by atoms with E-state index in [9.17, 15) is 67.7 Å². The monoisotopic (exact) mass is 886 g/mol. The zero-order valence-electron chi connectivity index (χ0n) is 34.8. The third kappa shape index (κ3) is 22.8. The molecule has 350 valence electrons. The second-order valence-corrected chi connectivity index (χ2v) is 14.5. The summed E-state index contributed by atoms with van der Waals surface area (Å²) in [6.45, 7) is 3.48.